The quantitative estimate of drug-likeness (QED) is 0.178. The summed E-state index contributed by atoms with van der Waals surface area (Å²) in [5.41, 5.74) is 19.4. The number of carbonyl (C=O) groups is 1. The van der Waals surface area contributed by atoms with Crippen LogP contribution in [0.5, 0.6) is 11.5 Å². The fourth-order valence-electron chi connectivity index (χ4n) is 8.12. The summed E-state index contributed by atoms with van der Waals surface area (Å²) in [6.07, 6.45) is 8.48. The van der Waals surface area contributed by atoms with Gasteiger partial charge < -0.3 is 35.6 Å². The Kier molecular flexibility index (Phi) is 6.97. The zero-order valence-electron chi connectivity index (χ0n) is 27.4. The lowest BCUT2D eigenvalue weighted by atomic mass is 9.69. The van der Waals surface area contributed by atoms with Crippen LogP contribution in [0.2, 0.25) is 0 Å². The highest BCUT2D eigenvalue weighted by Crippen LogP contribution is 2.56. The number of rotatable bonds is 3. The molecule has 2 aliphatic carbocycles. The molecule has 49 heavy (non-hydrogen) atoms. The van der Waals surface area contributed by atoms with E-state index in [1.54, 1.807) is 32.3 Å². The monoisotopic (exact) mass is 660 g/mol. The summed E-state index contributed by atoms with van der Waals surface area (Å²) in [4.78, 5) is 36.0. The molecule has 4 aliphatic rings. The maximum absolute atomic E-state index is 13.5. The first kappa shape index (κ1) is 30.9. The second kappa shape index (κ2) is 11.1. The molecule has 250 valence electrons. The van der Waals surface area contributed by atoms with Gasteiger partial charge in [0, 0.05) is 59.5 Å². The Morgan fingerprint density at radius 2 is 1.96 bits per heavy atom. The lowest BCUT2D eigenvalue weighted by Gasteiger charge is -2.48. The maximum atomic E-state index is 13.5. The largest absolute Gasteiger partial charge is 0.507 e. The highest BCUT2D eigenvalue weighted by atomic mass is 16.6. The van der Waals surface area contributed by atoms with Crippen molar-refractivity contribution in [3.8, 4) is 11.5 Å². The van der Waals surface area contributed by atoms with E-state index in [1.165, 1.54) is 11.6 Å². The third-order valence-electron chi connectivity index (χ3n) is 10.8. The number of aliphatic hydroxyl groups excluding tert-OH is 1. The van der Waals surface area contributed by atoms with Gasteiger partial charge in [-0.05, 0) is 80.0 Å². The van der Waals surface area contributed by atoms with Gasteiger partial charge in [0.15, 0.2) is 11.0 Å². The molecule has 5 heterocycles. The number of phenolic OH excluding ortho intramolecular Hbond substituents is 1. The van der Waals surface area contributed by atoms with Gasteiger partial charge in [0.25, 0.3) is 0 Å². The molecule has 0 spiro atoms. The number of nitrogens with two attached hydrogens (primary N) is 2. The van der Waals surface area contributed by atoms with Crippen molar-refractivity contribution in [2.45, 2.75) is 71.2 Å². The number of esters is 1. The summed E-state index contributed by atoms with van der Waals surface area (Å²) in [6.45, 7) is 4.88. The predicted octanol–water partition coefficient (Wildman–Crippen LogP) is 4.62. The number of aromatic hydroxyl groups is 1. The number of benzene rings is 1. The van der Waals surface area contributed by atoms with Gasteiger partial charge in [-0.25, -0.2) is 14.8 Å². The molecule has 3 unspecified atom stereocenters. The molecule has 3 atom stereocenters. The first-order chi connectivity index (χ1) is 23.5. The zero-order valence-corrected chi connectivity index (χ0v) is 27.4. The van der Waals surface area contributed by atoms with Gasteiger partial charge in [-0.1, -0.05) is 17.7 Å². The van der Waals surface area contributed by atoms with Crippen molar-refractivity contribution in [1.29, 1.82) is 0 Å². The van der Waals surface area contributed by atoms with Crippen molar-refractivity contribution in [1.82, 2.24) is 9.97 Å². The van der Waals surface area contributed by atoms with Gasteiger partial charge in [-0.3, -0.25) is 4.79 Å². The van der Waals surface area contributed by atoms with Crippen molar-refractivity contribution < 1.29 is 28.9 Å². The van der Waals surface area contributed by atoms with Gasteiger partial charge in [-0.15, -0.1) is 0 Å². The molecular formula is C38H36N4O7. The Morgan fingerprint density at radius 3 is 2.73 bits per heavy atom. The molecule has 0 amide bonds. The normalized spacial score (nSPS) is 22.4. The highest BCUT2D eigenvalue weighted by molar-refractivity contribution is 5.94. The van der Waals surface area contributed by atoms with Gasteiger partial charge >= 0.3 is 5.97 Å². The fourth-order valence-corrected chi connectivity index (χ4v) is 8.12. The fraction of sp³-hybridized carbons (Fsp3) is 0.316. The number of carbonyl (C=O) groups excluding carboxylic acids is 1. The van der Waals surface area contributed by atoms with E-state index in [1.807, 2.05) is 19.1 Å². The summed E-state index contributed by atoms with van der Waals surface area (Å²) < 4.78 is 19.7. The number of anilines is 2. The van der Waals surface area contributed by atoms with Gasteiger partial charge in [0.2, 0.25) is 0 Å². The summed E-state index contributed by atoms with van der Waals surface area (Å²) in [5, 5.41) is 21.8. The molecular weight excluding hydrogens is 624 g/mol. The van der Waals surface area contributed by atoms with Crippen LogP contribution in [0.1, 0.15) is 66.3 Å². The Labute approximate surface area is 281 Å². The molecule has 8 rings (SSSR count). The summed E-state index contributed by atoms with van der Waals surface area (Å²) >= 11 is 0. The number of fused-ring (bicyclic) bond motifs is 7. The third kappa shape index (κ3) is 4.59. The molecule has 11 nitrogen and oxygen atoms in total. The van der Waals surface area contributed by atoms with Crippen molar-refractivity contribution in [2.75, 3.05) is 11.5 Å². The molecule has 0 saturated carbocycles. The number of pyridine rings is 2. The van der Waals surface area contributed by atoms with Gasteiger partial charge in [0.05, 0.1) is 0 Å². The Balaban J connectivity index is 1.48. The van der Waals surface area contributed by atoms with E-state index < -0.39 is 35.6 Å². The lowest BCUT2D eigenvalue weighted by molar-refractivity contribution is -0.162. The molecule has 0 saturated heterocycles. The van der Waals surface area contributed by atoms with E-state index in [4.69, 9.17) is 25.4 Å². The van der Waals surface area contributed by atoms with Crippen LogP contribution in [-0.4, -0.2) is 37.9 Å². The summed E-state index contributed by atoms with van der Waals surface area (Å²) in [6, 6.07) is 4.98. The van der Waals surface area contributed by atoms with Gasteiger partial charge in [0.1, 0.15) is 52.6 Å². The Hall–Kier alpha value is -5.42. The zero-order chi connectivity index (χ0) is 34.4. The van der Waals surface area contributed by atoms with E-state index >= 15 is 0 Å². The lowest BCUT2D eigenvalue weighted by Crippen LogP contribution is -2.57. The van der Waals surface area contributed by atoms with Crippen LogP contribution in [0.3, 0.4) is 0 Å². The van der Waals surface area contributed by atoms with Crippen LogP contribution < -0.4 is 21.6 Å². The second-order valence-electron chi connectivity index (χ2n) is 13.5. The third-order valence-corrected chi connectivity index (χ3v) is 10.8. The van der Waals surface area contributed by atoms with Crippen molar-refractivity contribution >= 4 is 34.1 Å². The van der Waals surface area contributed by atoms with E-state index in [2.05, 4.69) is 16.0 Å². The number of hydrogen-bond donors (Lipinski definition) is 4. The highest BCUT2D eigenvalue weighted by Gasteiger charge is 2.54. The average Bonchev–Trinajstić information content (AvgIpc) is 3.39. The SMILES string of the molecule is CC=C(C)C(=O)OC1Cc2c3c(c4oc(CO)cc(=O)c4c2O)Cc2ccnc(N)c2C2=CCC4=C2C(Cc2cnc(N)cc2C4)C1(C)O3. The van der Waals surface area contributed by atoms with Crippen LogP contribution in [0.4, 0.5) is 11.6 Å². The van der Waals surface area contributed by atoms with Crippen molar-refractivity contribution in [2.24, 2.45) is 5.92 Å². The number of aromatic nitrogens is 2. The van der Waals surface area contributed by atoms with E-state index in [-0.39, 0.29) is 35.3 Å². The summed E-state index contributed by atoms with van der Waals surface area (Å²) in [7, 11) is 0. The number of hydrogen-bond acceptors (Lipinski definition) is 11. The molecule has 0 radical (unpaired) electrons. The number of ether oxygens (including phenoxy) is 2. The minimum absolute atomic E-state index is 0.0384. The predicted molar refractivity (Wildman–Crippen MR) is 183 cm³/mol. The summed E-state index contributed by atoms with van der Waals surface area (Å²) in [5.74, 6) is -0.0478. The van der Waals surface area contributed by atoms with Crippen molar-refractivity contribution in [3.63, 3.8) is 0 Å². The topological polar surface area (TPSA) is 184 Å². The van der Waals surface area contributed by atoms with Crippen LogP contribution in [0.25, 0.3) is 16.5 Å². The minimum atomic E-state index is -1.21. The van der Waals surface area contributed by atoms with E-state index in [0.717, 1.165) is 33.4 Å². The molecule has 4 aromatic rings. The first-order valence-electron chi connectivity index (χ1n) is 16.4. The van der Waals surface area contributed by atoms with Crippen LogP contribution in [-0.2, 0) is 41.8 Å². The first-order valence-corrected chi connectivity index (χ1v) is 16.4. The second-order valence-corrected chi connectivity index (χ2v) is 13.5. The standard InChI is InChI=1S/C38H36N4O7/c1-4-17(2)37(46)48-28-14-24-33(45)32-27(44)13-22(16-43)47-35(32)25-10-19-7-8-41-36(40)31(19)23-6-5-18-9-20-12-29(39)42-15-21(20)11-26(30(18)23)38(28,3)49-34(24)25/h4,6-8,12-13,15,26,28,43,45H,5,9-11,14,16H2,1-3H3,(H2,39,42)(H2,40,41). The molecule has 6 N–H and O–H groups in total. The number of aliphatic hydroxyl groups is 1. The molecule has 2 bridgehead atoms. The average molecular weight is 661 g/mol. The number of allylic oxidation sites excluding steroid dienone is 4. The number of nitrogen functional groups attached to an aromatic ring is 2. The Morgan fingerprint density at radius 1 is 1.14 bits per heavy atom. The molecule has 11 heteroatoms. The molecule has 1 aromatic carbocycles. The molecule has 2 aliphatic heterocycles. The molecule has 3 aromatic heterocycles. The van der Waals surface area contributed by atoms with E-state index in [9.17, 15) is 19.8 Å². The molecule has 0 fully saturated rings. The van der Waals surface area contributed by atoms with Crippen LogP contribution in [0, 0.1) is 5.92 Å². The number of nitrogens with zero attached hydrogens (tertiary/aromatic N) is 2. The smallest absolute Gasteiger partial charge is 0.333 e. The Bertz CT molecular complexity index is 2280. The van der Waals surface area contributed by atoms with Crippen LogP contribution >= 0.6 is 0 Å². The van der Waals surface area contributed by atoms with Crippen molar-refractivity contribution in [3.05, 3.63) is 109 Å². The maximum Gasteiger partial charge on any atom is 0.333 e. The van der Waals surface area contributed by atoms with Crippen LogP contribution in [0.15, 0.2) is 68.7 Å². The van der Waals surface area contributed by atoms with Gasteiger partial charge in [-0.2, -0.15) is 0 Å². The minimum Gasteiger partial charge on any atom is -0.507 e. The number of phenols is 1. The van der Waals surface area contributed by atoms with E-state index in [0.29, 0.717) is 53.3 Å².